The average molecular weight is 314 g/mol. The van der Waals surface area contributed by atoms with E-state index in [4.69, 9.17) is 0 Å². The lowest BCUT2D eigenvalue weighted by Crippen LogP contribution is -2.49. The van der Waals surface area contributed by atoms with Crippen molar-refractivity contribution in [3.63, 3.8) is 0 Å². The Morgan fingerprint density at radius 1 is 1.18 bits per heavy atom. The largest absolute Gasteiger partial charge is 0.341 e. The van der Waals surface area contributed by atoms with Gasteiger partial charge >= 0.3 is 0 Å². The molecule has 0 N–H and O–H groups in total. The molecule has 0 aliphatic carbocycles. The van der Waals surface area contributed by atoms with Crippen molar-refractivity contribution in [3.8, 4) is 0 Å². The number of carbonyl (C=O) groups is 1. The fourth-order valence-corrected chi connectivity index (χ4v) is 4.47. The van der Waals surface area contributed by atoms with Crippen molar-refractivity contribution >= 4 is 17.2 Å². The van der Waals surface area contributed by atoms with Gasteiger partial charge in [0.05, 0.1) is 6.42 Å². The fraction of sp³-hybridized carbons (Fsp3) is 0.412. The van der Waals surface area contributed by atoms with E-state index < -0.39 is 0 Å². The monoisotopic (exact) mass is 314 g/mol. The minimum atomic E-state index is 0.0885. The summed E-state index contributed by atoms with van der Waals surface area (Å²) in [6, 6.07) is 9.50. The molecular formula is C17H18N2O2S. The van der Waals surface area contributed by atoms with Crippen molar-refractivity contribution in [2.24, 2.45) is 5.92 Å². The lowest BCUT2D eigenvalue weighted by atomic mass is 9.83. The normalized spacial score (nSPS) is 23.2. The third-order valence-electron chi connectivity index (χ3n) is 4.74. The van der Waals surface area contributed by atoms with E-state index in [0.717, 1.165) is 36.6 Å². The predicted molar refractivity (Wildman–Crippen MR) is 86.2 cm³/mol. The standard InChI is InChI=1S/C17H18N2O2S/c20-16-5-1-4-15-13-7-12(10-19(15)16)9-18(11-13)17(21)8-14-3-2-6-22-14/h1-6,12-13H,7-11H2/t12-,13-/m0/s1. The molecule has 4 nitrogen and oxygen atoms in total. The summed E-state index contributed by atoms with van der Waals surface area (Å²) < 4.78 is 1.90. The third kappa shape index (κ3) is 2.39. The van der Waals surface area contributed by atoms with Crippen LogP contribution in [0.15, 0.2) is 40.5 Å². The highest BCUT2D eigenvalue weighted by atomic mass is 32.1. The first kappa shape index (κ1) is 13.8. The highest BCUT2D eigenvalue weighted by Crippen LogP contribution is 2.35. The molecule has 0 spiro atoms. The molecule has 2 aromatic rings. The summed E-state index contributed by atoms with van der Waals surface area (Å²) in [7, 11) is 0. The topological polar surface area (TPSA) is 42.3 Å². The van der Waals surface area contributed by atoms with Crippen molar-refractivity contribution in [1.82, 2.24) is 9.47 Å². The summed E-state index contributed by atoms with van der Waals surface area (Å²) in [5.41, 5.74) is 1.18. The van der Waals surface area contributed by atoms with Gasteiger partial charge in [0.2, 0.25) is 5.91 Å². The number of nitrogens with zero attached hydrogens (tertiary/aromatic N) is 2. The molecule has 1 saturated heterocycles. The Morgan fingerprint density at radius 2 is 2.09 bits per heavy atom. The maximum Gasteiger partial charge on any atom is 0.250 e. The summed E-state index contributed by atoms with van der Waals surface area (Å²) in [6.07, 6.45) is 1.59. The Hall–Kier alpha value is -1.88. The summed E-state index contributed by atoms with van der Waals surface area (Å²) in [6.45, 7) is 2.26. The van der Waals surface area contributed by atoms with E-state index in [0.29, 0.717) is 18.3 Å². The number of pyridine rings is 1. The van der Waals surface area contributed by atoms with Gasteiger partial charge in [0, 0.05) is 42.2 Å². The zero-order valence-corrected chi connectivity index (χ0v) is 13.1. The Labute approximate surface area is 133 Å². The van der Waals surface area contributed by atoms with E-state index in [1.165, 1.54) is 0 Å². The van der Waals surface area contributed by atoms with Crippen LogP contribution in [-0.2, 0) is 17.8 Å². The first-order chi connectivity index (χ1) is 10.7. The van der Waals surface area contributed by atoms with E-state index in [-0.39, 0.29) is 11.5 Å². The fourth-order valence-electron chi connectivity index (χ4n) is 3.77. The van der Waals surface area contributed by atoms with Crippen molar-refractivity contribution in [2.75, 3.05) is 13.1 Å². The molecule has 4 heterocycles. The van der Waals surface area contributed by atoms with Gasteiger partial charge in [-0.3, -0.25) is 9.59 Å². The van der Waals surface area contributed by atoms with Gasteiger partial charge in [0.25, 0.3) is 5.56 Å². The maximum atomic E-state index is 12.5. The Balaban J connectivity index is 1.56. The second kappa shape index (κ2) is 5.39. The average Bonchev–Trinajstić information content (AvgIpc) is 3.01. The van der Waals surface area contributed by atoms with Crippen LogP contribution >= 0.6 is 11.3 Å². The van der Waals surface area contributed by atoms with Crippen LogP contribution in [0.4, 0.5) is 0 Å². The molecule has 2 bridgehead atoms. The Kier molecular flexibility index (Phi) is 3.37. The molecule has 0 aromatic carbocycles. The molecule has 2 aliphatic rings. The quantitative estimate of drug-likeness (QED) is 0.852. The molecule has 0 unspecified atom stereocenters. The van der Waals surface area contributed by atoms with Crippen molar-refractivity contribution in [2.45, 2.75) is 25.3 Å². The van der Waals surface area contributed by atoms with Crippen LogP contribution in [0.3, 0.4) is 0 Å². The first-order valence-corrected chi connectivity index (χ1v) is 8.58. The summed E-state index contributed by atoms with van der Waals surface area (Å²) >= 11 is 1.63. The van der Waals surface area contributed by atoms with Gasteiger partial charge in [-0.1, -0.05) is 12.1 Å². The second-order valence-electron chi connectivity index (χ2n) is 6.25. The van der Waals surface area contributed by atoms with E-state index >= 15 is 0 Å². The van der Waals surface area contributed by atoms with Crippen molar-refractivity contribution in [3.05, 3.63) is 56.6 Å². The minimum Gasteiger partial charge on any atom is -0.341 e. The van der Waals surface area contributed by atoms with E-state index in [1.807, 2.05) is 39.1 Å². The molecular weight excluding hydrogens is 296 g/mol. The smallest absolute Gasteiger partial charge is 0.250 e. The number of thiophene rings is 1. The maximum absolute atomic E-state index is 12.5. The second-order valence-corrected chi connectivity index (χ2v) is 7.29. The Bertz CT molecular complexity index is 750. The molecule has 1 fully saturated rings. The zero-order valence-electron chi connectivity index (χ0n) is 12.3. The lowest BCUT2D eigenvalue weighted by molar-refractivity contribution is -0.133. The van der Waals surface area contributed by atoms with Gasteiger partial charge in [0.15, 0.2) is 0 Å². The number of rotatable bonds is 2. The summed E-state index contributed by atoms with van der Waals surface area (Å²) in [5.74, 6) is 0.913. The SMILES string of the molecule is O=C(Cc1cccs1)N1C[C@@H]2C[C@@H](C1)c1cccc(=O)n1C2. The van der Waals surface area contributed by atoms with Crippen LogP contribution in [0.5, 0.6) is 0 Å². The number of likely N-dealkylation sites (tertiary alicyclic amines) is 1. The number of carbonyl (C=O) groups excluding carboxylic acids is 1. The highest BCUT2D eigenvalue weighted by Gasteiger charge is 2.36. The zero-order chi connectivity index (χ0) is 15.1. The molecule has 2 aliphatic heterocycles. The summed E-state index contributed by atoms with van der Waals surface area (Å²) in [5, 5.41) is 2.01. The molecule has 0 radical (unpaired) electrons. The third-order valence-corrected chi connectivity index (χ3v) is 5.61. The van der Waals surface area contributed by atoms with Gasteiger partial charge in [-0.2, -0.15) is 0 Å². The predicted octanol–water partition coefficient (Wildman–Crippen LogP) is 2.10. The van der Waals surface area contributed by atoms with Crippen LogP contribution in [0.25, 0.3) is 0 Å². The van der Waals surface area contributed by atoms with Gasteiger partial charge in [0.1, 0.15) is 0 Å². The number of piperidine rings is 1. The molecule has 1 amide bonds. The number of aromatic nitrogens is 1. The van der Waals surface area contributed by atoms with E-state index in [1.54, 1.807) is 17.4 Å². The molecule has 2 atom stereocenters. The molecule has 5 heteroatoms. The van der Waals surface area contributed by atoms with Gasteiger partial charge < -0.3 is 9.47 Å². The van der Waals surface area contributed by atoms with Gasteiger partial charge in [-0.05, 0) is 29.9 Å². The molecule has 4 rings (SSSR count). The molecule has 114 valence electrons. The Morgan fingerprint density at radius 3 is 2.91 bits per heavy atom. The first-order valence-electron chi connectivity index (χ1n) is 7.70. The number of hydrogen-bond donors (Lipinski definition) is 0. The van der Waals surface area contributed by atoms with Crippen LogP contribution in [0.1, 0.15) is 22.9 Å². The number of hydrogen-bond acceptors (Lipinski definition) is 3. The van der Waals surface area contributed by atoms with Crippen molar-refractivity contribution in [1.29, 1.82) is 0 Å². The van der Waals surface area contributed by atoms with Crippen LogP contribution in [-0.4, -0.2) is 28.5 Å². The van der Waals surface area contributed by atoms with Crippen LogP contribution in [0.2, 0.25) is 0 Å². The molecule has 22 heavy (non-hydrogen) atoms. The lowest BCUT2D eigenvalue weighted by Gasteiger charge is -2.42. The molecule has 2 aromatic heterocycles. The van der Waals surface area contributed by atoms with E-state index in [2.05, 4.69) is 0 Å². The van der Waals surface area contributed by atoms with Gasteiger partial charge in [-0.25, -0.2) is 0 Å². The van der Waals surface area contributed by atoms with Gasteiger partial charge in [-0.15, -0.1) is 11.3 Å². The molecule has 0 saturated carbocycles. The number of fused-ring (bicyclic) bond motifs is 4. The van der Waals surface area contributed by atoms with E-state index in [9.17, 15) is 9.59 Å². The summed E-state index contributed by atoms with van der Waals surface area (Å²) in [4.78, 5) is 27.7. The number of amides is 1. The van der Waals surface area contributed by atoms with Crippen LogP contribution in [0, 0.1) is 5.92 Å². The highest BCUT2D eigenvalue weighted by molar-refractivity contribution is 7.10. The minimum absolute atomic E-state index is 0.0885. The van der Waals surface area contributed by atoms with Crippen LogP contribution < -0.4 is 5.56 Å². The van der Waals surface area contributed by atoms with Crippen molar-refractivity contribution < 1.29 is 4.79 Å².